The van der Waals surface area contributed by atoms with Crippen molar-refractivity contribution in [3.8, 4) is 0 Å². The van der Waals surface area contributed by atoms with Gasteiger partial charge >= 0.3 is 0 Å². The van der Waals surface area contributed by atoms with Gasteiger partial charge in [-0.15, -0.1) is 0 Å². The highest BCUT2D eigenvalue weighted by atomic mass is 15.1. The summed E-state index contributed by atoms with van der Waals surface area (Å²) < 4.78 is 2.56. The molecule has 218 valence electrons. The van der Waals surface area contributed by atoms with Gasteiger partial charge in [0.2, 0.25) is 0 Å². The summed E-state index contributed by atoms with van der Waals surface area (Å²) in [6, 6.07) is 0.591. The lowest BCUT2D eigenvalue weighted by Gasteiger charge is -2.22. The minimum Gasteiger partial charge on any atom is -0.332 e. The number of unbranched alkanes of at least 4 members (excludes halogenated alkanes) is 20. The molecule has 0 amide bonds. The third-order valence-corrected chi connectivity index (χ3v) is 8.58. The molecule has 1 aromatic rings. The lowest BCUT2D eigenvalue weighted by atomic mass is 9.93. The second-order valence-electron chi connectivity index (χ2n) is 12.2. The van der Waals surface area contributed by atoms with Crippen molar-refractivity contribution in [1.29, 1.82) is 0 Å². The van der Waals surface area contributed by atoms with Gasteiger partial charge in [0.25, 0.3) is 0 Å². The first kappa shape index (κ1) is 34.2. The van der Waals surface area contributed by atoms with Crippen LogP contribution in [0, 0.1) is 0 Å². The fourth-order valence-electron chi connectivity index (χ4n) is 6.00. The maximum atomic E-state index is 4.96. The van der Waals surface area contributed by atoms with Crippen LogP contribution in [0.2, 0.25) is 0 Å². The van der Waals surface area contributed by atoms with Crippen molar-refractivity contribution in [3.63, 3.8) is 0 Å². The van der Waals surface area contributed by atoms with Gasteiger partial charge in [0.15, 0.2) is 0 Å². The third-order valence-electron chi connectivity index (χ3n) is 8.58. The molecule has 0 aliphatic carbocycles. The highest BCUT2D eigenvalue weighted by Crippen LogP contribution is 2.30. The van der Waals surface area contributed by atoms with Gasteiger partial charge in [-0.1, -0.05) is 168 Å². The molecule has 0 aromatic carbocycles. The molecule has 1 aromatic heterocycles. The van der Waals surface area contributed by atoms with Crippen LogP contribution in [0.3, 0.4) is 0 Å². The van der Waals surface area contributed by atoms with Gasteiger partial charge in [0, 0.05) is 24.4 Å². The van der Waals surface area contributed by atoms with E-state index in [-0.39, 0.29) is 0 Å². The van der Waals surface area contributed by atoms with E-state index in [0.29, 0.717) is 12.0 Å². The fourth-order valence-corrected chi connectivity index (χ4v) is 6.00. The Morgan fingerprint density at radius 2 is 0.865 bits per heavy atom. The van der Waals surface area contributed by atoms with Crippen molar-refractivity contribution in [2.45, 2.75) is 207 Å². The van der Waals surface area contributed by atoms with Crippen LogP contribution in [0.15, 0.2) is 12.4 Å². The molecule has 37 heavy (non-hydrogen) atoms. The van der Waals surface area contributed by atoms with E-state index in [0.717, 1.165) is 0 Å². The number of imidazole rings is 1. The molecule has 0 spiro atoms. The van der Waals surface area contributed by atoms with E-state index >= 15 is 0 Å². The molecule has 0 N–H and O–H groups in total. The van der Waals surface area contributed by atoms with E-state index in [1.165, 1.54) is 173 Å². The summed E-state index contributed by atoms with van der Waals surface area (Å²) in [4.78, 5) is 4.96. The van der Waals surface area contributed by atoms with Gasteiger partial charge in [-0.2, -0.15) is 0 Å². The SMILES string of the molecule is CCCCCCCCCCCCC(C)n1ccnc1C(CCCCCC)CCCCCCCCCCC. The number of hydrogen-bond donors (Lipinski definition) is 0. The average Bonchev–Trinajstić information content (AvgIpc) is 3.40. The predicted octanol–water partition coefficient (Wildman–Crippen LogP) is 12.7. The molecule has 2 nitrogen and oxygen atoms in total. The van der Waals surface area contributed by atoms with E-state index in [1.54, 1.807) is 0 Å². The third kappa shape index (κ3) is 18.2. The fraction of sp³-hybridized carbons (Fsp3) is 0.914. The minimum absolute atomic E-state index is 0.591. The number of nitrogens with zero attached hydrogens (tertiary/aromatic N) is 2. The second-order valence-corrected chi connectivity index (χ2v) is 12.2. The highest BCUT2D eigenvalue weighted by molar-refractivity contribution is 5.02. The zero-order valence-electron chi connectivity index (χ0n) is 26.1. The summed E-state index contributed by atoms with van der Waals surface area (Å²) in [5.74, 6) is 2.06. The molecule has 2 unspecified atom stereocenters. The van der Waals surface area contributed by atoms with E-state index in [9.17, 15) is 0 Å². The van der Waals surface area contributed by atoms with Crippen LogP contribution in [-0.2, 0) is 0 Å². The smallest absolute Gasteiger partial charge is 0.111 e. The Labute approximate surface area is 234 Å². The molecular weight excluding hydrogens is 448 g/mol. The molecule has 2 atom stereocenters. The molecule has 0 fully saturated rings. The maximum Gasteiger partial charge on any atom is 0.111 e. The first-order valence-electron chi connectivity index (χ1n) is 17.3. The molecule has 1 heterocycles. The van der Waals surface area contributed by atoms with Crippen LogP contribution in [0.1, 0.15) is 212 Å². The number of aromatic nitrogens is 2. The maximum absolute atomic E-state index is 4.96. The predicted molar refractivity (Wildman–Crippen MR) is 167 cm³/mol. The van der Waals surface area contributed by atoms with Gasteiger partial charge in [0.1, 0.15) is 5.82 Å². The van der Waals surface area contributed by atoms with Crippen LogP contribution in [0.5, 0.6) is 0 Å². The molecule has 0 bridgehead atoms. The largest absolute Gasteiger partial charge is 0.332 e. The van der Waals surface area contributed by atoms with E-state index < -0.39 is 0 Å². The lowest BCUT2D eigenvalue weighted by Crippen LogP contribution is -2.13. The van der Waals surface area contributed by atoms with Crippen LogP contribution in [-0.4, -0.2) is 9.55 Å². The van der Waals surface area contributed by atoms with Crippen LogP contribution in [0.25, 0.3) is 0 Å². The Hall–Kier alpha value is -0.790. The Kier molecular flexibility index (Phi) is 23.6. The summed E-state index contributed by atoms with van der Waals surface area (Å²) in [5.41, 5.74) is 0. The zero-order chi connectivity index (χ0) is 26.8. The topological polar surface area (TPSA) is 17.8 Å². The van der Waals surface area contributed by atoms with Gasteiger partial charge in [-0.25, -0.2) is 4.98 Å². The van der Waals surface area contributed by atoms with Gasteiger partial charge < -0.3 is 4.57 Å². The summed E-state index contributed by atoms with van der Waals surface area (Å²) in [5, 5.41) is 0. The van der Waals surface area contributed by atoms with Gasteiger partial charge in [0.05, 0.1) is 0 Å². The Morgan fingerprint density at radius 1 is 0.514 bits per heavy atom. The summed E-state index contributed by atoms with van der Waals surface area (Å²) >= 11 is 0. The lowest BCUT2D eigenvalue weighted by molar-refractivity contribution is 0.413. The van der Waals surface area contributed by atoms with Crippen LogP contribution >= 0.6 is 0 Å². The summed E-state index contributed by atoms with van der Waals surface area (Å²) in [6.45, 7) is 9.37. The Balaban J connectivity index is 2.38. The van der Waals surface area contributed by atoms with E-state index in [2.05, 4.69) is 44.7 Å². The molecule has 1 rings (SSSR count). The Bertz CT molecular complexity index is 578. The van der Waals surface area contributed by atoms with Crippen molar-refractivity contribution in [3.05, 3.63) is 18.2 Å². The zero-order valence-corrected chi connectivity index (χ0v) is 26.1. The van der Waals surface area contributed by atoms with E-state index in [1.807, 2.05) is 0 Å². The molecule has 0 aliphatic rings. The Morgan fingerprint density at radius 3 is 1.30 bits per heavy atom. The van der Waals surface area contributed by atoms with Gasteiger partial charge in [-0.3, -0.25) is 0 Å². The molecule has 0 saturated carbocycles. The molecule has 0 aliphatic heterocycles. The van der Waals surface area contributed by atoms with Crippen molar-refractivity contribution in [1.82, 2.24) is 9.55 Å². The number of rotatable bonds is 28. The molecule has 0 saturated heterocycles. The standard InChI is InChI=1S/C35H68N2/c1-5-8-11-14-16-18-20-21-23-25-28-33(4)37-32-31-36-35(37)34(29-26-13-10-7-3)30-27-24-22-19-17-15-12-9-6-2/h31-34H,5-30H2,1-4H3. The quantitative estimate of drug-likeness (QED) is 0.101. The van der Waals surface area contributed by atoms with Crippen molar-refractivity contribution in [2.75, 3.05) is 0 Å². The average molecular weight is 517 g/mol. The van der Waals surface area contributed by atoms with E-state index in [4.69, 9.17) is 4.98 Å². The van der Waals surface area contributed by atoms with Crippen molar-refractivity contribution >= 4 is 0 Å². The molecular formula is C35H68N2. The first-order chi connectivity index (χ1) is 18.2. The monoisotopic (exact) mass is 517 g/mol. The van der Waals surface area contributed by atoms with Crippen LogP contribution < -0.4 is 0 Å². The second kappa shape index (κ2) is 25.5. The van der Waals surface area contributed by atoms with Crippen molar-refractivity contribution < 1.29 is 0 Å². The summed E-state index contributed by atoms with van der Waals surface area (Å²) in [7, 11) is 0. The van der Waals surface area contributed by atoms with Crippen LogP contribution in [0.4, 0.5) is 0 Å². The first-order valence-corrected chi connectivity index (χ1v) is 17.3. The highest BCUT2D eigenvalue weighted by Gasteiger charge is 2.19. The van der Waals surface area contributed by atoms with Crippen molar-refractivity contribution in [2.24, 2.45) is 0 Å². The minimum atomic E-state index is 0.591. The summed E-state index contributed by atoms with van der Waals surface area (Å²) in [6.07, 6.45) is 40.8. The van der Waals surface area contributed by atoms with Gasteiger partial charge in [-0.05, 0) is 26.2 Å². The number of hydrogen-bond acceptors (Lipinski definition) is 1. The normalized spacial score (nSPS) is 13.3. The molecule has 2 heteroatoms. The molecule has 0 radical (unpaired) electrons.